The number of hydrogen-bond acceptors (Lipinski definition) is 3. The van der Waals surface area contributed by atoms with E-state index in [4.69, 9.17) is 12.2 Å². The Morgan fingerprint density at radius 2 is 1.83 bits per heavy atom. The number of hydrogen-bond donors (Lipinski definition) is 2. The molecule has 7 fully saturated rings. The molecular weight excluding hydrogens is 448 g/mol. The minimum absolute atomic E-state index is 0.158. The van der Waals surface area contributed by atoms with Crippen molar-refractivity contribution in [2.24, 2.45) is 29.6 Å². The highest BCUT2D eigenvalue weighted by Crippen LogP contribution is 2.55. The van der Waals surface area contributed by atoms with E-state index in [1.54, 1.807) is 0 Å². The first-order chi connectivity index (χ1) is 17.1. The fourth-order valence-electron chi connectivity index (χ4n) is 9.18. The molecule has 6 bridgehead atoms. The van der Waals surface area contributed by atoms with E-state index in [0.29, 0.717) is 12.0 Å². The molecule has 1 aromatic carbocycles. The Bertz CT molecular complexity index is 1100. The fourth-order valence-corrected chi connectivity index (χ4v) is 9.52. The lowest BCUT2D eigenvalue weighted by atomic mass is 9.53. The van der Waals surface area contributed by atoms with E-state index in [-0.39, 0.29) is 11.6 Å². The largest absolute Gasteiger partial charge is 0.357 e. The number of aromatic nitrogens is 1. The summed E-state index contributed by atoms with van der Waals surface area (Å²) in [6, 6.07) is 11.4. The van der Waals surface area contributed by atoms with Crippen LogP contribution in [-0.4, -0.2) is 39.7 Å². The molecule has 4 saturated carbocycles. The van der Waals surface area contributed by atoms with Crippen LogP contribution in [0.1, 0.15) is 63.0 Å². The van der Waals surface area contributed by atoms with Crippen LogP contribution in [0.4, 0.5) is 0 Å². The van der Waals surface area contributed by atoms with E-state index < -0.39 is 0 Å². The number of nitrogens with one attached hydrogen (secondary N) is 2. The van der Waals surface area contributed by atoms with Crippen LogP contribution in [0.2, 0.25) is 0 Å². The summed E-state index contributed by atoms with van der Waals surface area (Å²) >= 11 is 6.12. The van der Waals surface area contributed by atoms with Crippen LogP contribution in [0.15, 0.2) is 49.2 Å². The van der Waals surface area contributed by atoms with E-state index in [2.05, 4.69) is 63.5 Å². The third-order valence-corrected chi connectivity index (χ3v) is 10.5. The molecule has 2 aromatic rings. The lowest BCUT2D eigenvalue weighted by Crippen LogP contribution is -2.63. The zero-order valence-electron chi connectivity index (χ0n) is 20.7. The average molecular weight is 487 g/mol. The van der Waals surface area contributed by atoms with Gasteiger partial charge in [-0.2, -0.15) is 0 Å². The van der Waals surface area contributed by atoms with E-state index in [9.17, 15) is 0 Å². The number of fused-ring (bicyclic) bond motifs is 4. The molecule has 7 aliphatic rings. The molecule has 2 N–H and O–H groups in total. The van der Waals surface area contributed by atoms with Gasteiger partial charge in [-0.25, -0.2) is 0 Å². The van der Waals surface area contributed by atoms with Crippen LogP contribution in [-0.2, 0) is 0 Å². The van der Waals surface area contributed by atoms with Gasteiger partial charge >= 0.3 is 0 Å². The second-order valence-corrected chi connectivity index (χ2v) is 12.8. The van der Waals surface area contributed by atoms with E-state index in [0.717, 1.165) is 40.8 Å². The van der Waals surface area contributed by atoms with Crippen molar-refractivity contribution in [2.75, 3.05) is 13.1 Å². The first-order valence-electron chi connectivity index (χ1n) is 13.9. The topological polar surface area (TPSA) is 40.2 Å². The van der Waals surface area contributed by atoms with Gasteiger partial charge in [0.2, 0.25) is 0 Å². The standard InChI is InChI=1S/C30H38N4S/c1-2-22-18-34-10-8-23(22)14-27(34)28(25-7-9-31-26-6-4-3-5-24(25)26)32-29(35)33-30-15-19-11-20(16-30)13-21(12-19)17-30/h2-7,9,19-23,27-28H,1,8,10-18H2,(H2,32,33,35)/t19?,20?,21?,22-,23-,27+,28-,30?/m0/s1. The SMILES string of the molecule is C=C[C@H]1CN2CC[C@H]1C[C@@H]2[C@@H](NC(=S)NC12CC3CC(CC(C3)C1)C2)c1ccnc2ccccc12. The molecule has 1 unspecified atom stereocenters. The average Bonchev–Trinajstić information content (AvgIpc) is 2.86. The Balaban J connectivity index is 1.19. The molecule has 5 heteroatoms. The molecule has 0 radical (unpaired) electrons. The summed E-state index contributed by atoms with van der Waals surface area (Å²) in [5.74, 6) is 4.07. The summed E-state index contributed by atoms with van der Waals surface area (Å²) < 4.78 is 0. The van der Waals surface area contributed by atoms with Gasteiger partial charge in [-0.15, -0.1) is 6.58 Å². The highest BCUT2D eigenvalue weighted by molar-refractivity contribution is 7.80. The minimum Gasteiger partial charge on any atom is -0.357 e. The zero-order chi connectivity index (χ0) is 23.6. The van der Waals surface area contributed by atoms with Gasteiger partial charge in [-0.05, 0) is 117 Å². The molecule has 4 aliphatic carbocycles. The van der Waals surface area contributed by atoms with Gasteiger partial charge in [0.25, 0.3) is 0 Å². The van der Waals surface area contributed by atoms with E-state index in [1.807, 2.05) is 6.20 Å². The van der Waals surface area contributed by atoms with Crippen LogP contribution in [0.3, 0.4) is 0 Å². The number of rotatable bonds is 5. The van der Waals surface area contributed by atoms with Crippen LogP contribution in [0.5, 0.6) is 0 Å². The summed E-state index contributed by atoms with van der Waals surface area (Å²) in [6.45, 7) is 6.44. The number of benzene rings is 1. The first-order valence-corrected chi connectivity index (χ1v) is 14.3. The van der Waals surface area contributed by atoms with E-state index >= 15 is 0 Å². The van der Waals surface area contributed by atoms with Crippen molar-refractivity contribution in [1.82, 2.24) is 20.5 Å². The highest BCUT2D eigenvalue weighted by atomic mass is 32.1. The van der Waals surface area contributed by atoms with Crippen LogP contribution >= 0.6 is 12.2 Å². The number of thiocarbonyl (C=S) groups is 1. The molecule has 5 atom stereocenters. The van der Waals surface area contributed by atoms with Gasteiger partial charge in [0.05, 0.1) is 11.6 Å². The molecule has 3 aliphatic heterocycles. The maximum Gasteiger partial charge on any atom is 0.167 e. The van der Waals surface area contributed by atoms with Crippen molar-refractivity contribution in [3.63, 3.8) is 0 Å². The molecule has 9 rings (SSSR count). The highest BCUT2D eigenvalue weighted by Gasteiger charge is 2.51. The molecule has 3 saturated heterocycles. The van der Waals surface area contributed by atoms with E-state index in [1.165, 1.54) is 68.9 Å². The van der Waals surface area contributed by atoms with Crippen molar-refractivity contribution in [1.29, 1.82) is 0 Å². The van der Waals surface area contributed by atoms with Crippen LogP contribution < -0.4 is 10.6 Å². The van der Waals surface area contributed by atoms with Gasteiger partial charge in [0, 0.05) is 29.7 Å². The molecule has 0 amide bonds. The number of pyridine rings is 1. The fraction of sp³-hybridized carbons (Fsp3) is 0.600. The number of para-hydroxylation sites is 1. The Kier molecular flexibility index (Phi) is 5.43. The molecule has 0 spiro atoms. The molecule has 4 heterocycles. The summed E-state index contributed by atoms with van der Waals surface area (Å²) in [7, 11) is 0. The molecule has 184 valence electrons. The predicted octanol–water partition coefficient (Wildman–Crippen LogP) is 5.61. The Morgan fingerprint density at radius 3 is 2.51 bits per heavy atom. The van der Waals surface area contributed by atoms with Crippen molar-refractivity contribution in [3.8, 4) is 0 Å². The maximum absolute atomic E-state index is 6.12. The Hall–Kier alpha value is -1.98. The summed E-state index contributed by atoms with van der Waals surface area (Å²) in [5, 5.41) is 9.96. The van der Waals surface area contributed by atoms with Gasteiger partial charge in [-0.1, -0.05) is 24.3 Å². The zero-order valence-corrected chi connectivity index (χ0v) is 21.5. The third-order valence-electron chi connectivity index (χ3n) is 10.3. The van der Waals surface area contributed by atoms with Gasteiger partial charge in [-0.3, -0.25) is 9.88 Å². The molecular formula is C30H38N4S. The van der Waals surface area contributed by atoms with Gasteiger partial charge in [0.1, 0.15) is 0 Å². The van der Waals surface area contributed by atoms with Gasteiger partial charge < -0.3 is 10.6 Å². The Morgan fingerprint density at radius 1 is 1.09 bits per heavy atom. The summed E-state index contributed by atoms with van der Waals surface area (Å²) in [4.78, 5) is 7.37. The second-order valence-electron chi connectivity index (χ2n) is 12.4. The van der Waals surface area contributed by atoms with Crippen LogP contribution in [0, 0.1) is 29.6 Å². The minimum atomic E-state index is 0.158. The lowest BCUT2D eigenvalue weighted by molar-refractivity contribution is -0.0113. The van der Waals surface area contributed by atoms with Crippen LogP contribution in [0.25, 0.3) is 10.9 Å². The van der Waals surface area contributed by atoms with Crippen molar-refractivity contribution in [2.45, 2.75) is 69.0 Å². The quantitative estimate of drug-likeness (QED) is 0.425. The third kappa shape index (κ3) is 3.90. The maximum atomic E-state index is 6.12. The van der Waals surface area contributed by atoms with Crippen molar-refractivity contribution >= 4 is 28.2 Å². The lowest BCUT2D eigenvalue weighted by Gasteiger charge is -2.57. The second kappa shape index (κ2) is 8.55. The number of nitrogens with zero attached hydrogens (tertiary/aromatic N) is 2. The monoisotopic (exact) mass is 486 g/mol. The van der Waals surface area contributed by atoms with Crippen molar-refractivity contribution < 1.29 is 0 Å². The number of piperidine rings is 3. The normalized spacial score (nSPS) is 39.9. The molecule has 35 heavy (non-hydrogen) atoms. The summed E-state index contributed by atoms with van der Waals surface area (Å²) in [6.07, 6.45) is 14.9. The first kappa shape index (κ1) is 22.2. The smallest absolute Gasteiger partial charge is 0.167 e. The molecule has 4 nitrogen and oxygen atoms in total. The Labute approximate surface area is 214 Å². The van der Waals surface area contributed by atoms with Crippen molar-refractivity contribution in [3.05, 3.63) is 54.7 Å². The van der Waals surface area contributed by atoms with Gasteiger partial charge in [0.15, 0.2) is 5.11 Å². The summed E-state index contributed by atoms with van der Waals surface area (Å²) in [5.41, 5.74) is 2.62. The molecule has 1 aromatic heterocycles. The predicted molar refractivity (Wildman–Crippen MR) is 146 cm³/mol.